The van der Waals surface area contributed by atoms with E-state index in [1.165, 1.54) is 5.56 Å². The summed E-state index contributed by atoms with van der Waals surface area (Å²) in [6.45, 7) is 4.00. The predicted octanol–water partition coefficient (Wildman–Crippen LogP) is 4.18. The minimum atomic E-state index is 0.552. The van der Waals surface area contributed by atoms with Gasteiger partial charge in [0, 0.05) is 11.4 Å². The van der Waals surface area contributed by atoms with Crippen LogP contribution in [-0.2, 0) is 0 Å². The quantitative estimate of drug-likeness (QED) is 0.601. The van der Waals surface area contributed by atoms with Gasteiger partial charge in [0.15, 0.2) is 5.65 Å². The molecule has 0 spiro atoms. The largest absolute Gasteiger partial charge is 0.497 e. The highest BCUT2D eigenvalue weighted by Gasteiger charge is 2.12. The predicted molar refractivity (Wildman–Crippen MR) is 102 cm³/mol. The van der Waals surface area contributed by atoms with Gasteiger partial charge in [0.25, 0.3) is 0 Å². The van der Waals surface area contributed by atoms with E-state index in [2.05, 4.69) is 39.3 Å². The first kappa shape index (κ1) is 16.1. The van der Waals surface area contributed by atoms with Crippen LogP contribution >= 0.6 is 0 Å². The highest BCUT2D eigenvalue weighted by atomic mass is 16.5. The smallest absolute Gasteiger partial charge is 0.229 e. The number of methoxy groups -OCH3 is 1. The van der Waals surface area contributed by atoms with Crippen molar-refractivity contribution in [2.45, 2.75) is 13.8 Å². The summed E-state index contributed by atoms with van der Waals surface area (Å²) >= 11 is 0. The van der Waals surface area contributed by atoms with Gasteiger partial charge in [0.05, 0.1) is 12.8 Å². The molecule has 0 saturated heterocycles. The summed E-state index contributed by atoms with van der Waals surface area (Å²) in [5.74, 6) is 1.36. The Kier molecular flexibility index (Phi) is 4.01. The highest BCUT2D eigenvalue weighted by molar-refractivity contribution is 5.77. The van der Waals surface area contributed by atoms with Crippen molar-refractivity contribution in [3.05, 3.63) is 66.1 Å². The van der Waals surface area contributed by atoms with Crippen molar-refractivity contribution in [2.24, 2.45) is 0 Å². The summed E-state index contributed by atoms with van der Waals surface area (Å²) < 4.78 is 7.18. The summed E-state index contributed by atoms with van der Waals surface area (Å²) in [7, 11) is 1.65. The second-order valence-corrected chi connectivity index (χ2v) is 6.11. The first-order valence-electron chi connectivity index (χ1n) is 8.34. The molecule has 2 aromatic heterocycles. The van der Waals surface area contributed by atoms with Gasteiger partial charge in [-0.1, -0.05) is 12.1 Å². The van der Waals surface area contributed by atoms with Gasteiger partial charge in [-0.2, -0.15) is 4.98 Å². The average Bonchev–Trinajstić information content (AvgIpc) is 3.06. The SMILES string of the molecule is COc1ccc(-n2cnc3c(C)nc(Nc4cccc(C)c4)nc32)cc1. The number of hydrogen-bond donors (Lipinski definition) is 1. The molecule has 6 heteroatoms. The van der Waals surface area contributed by atoms with E-state index in [0.717, 1.165) is 34.0 Å². The van der Waals surface area contributed by atoms with Crippen LogP contribution in [0.25, 0.3) is 16.9 Å². The van der Waals surface area contributed by atoms with Gasteiger partial charge in [0.1, 0.15) is 17.6 Å². The molecule has 0 aliphatic rings. The number of fused-ring (bicyclic) bond motifs is 1. The van der Waals surface area contributed by atoms with Crippen LogP contribution in [0.5, 0.6) is 5.75 Å². The topological polar surface area (TPSA) is 64.9 Å². The Morgan fingerprint density at radius 2 is 1.81 bits per heavy atom. The van der Waals surface area contributed by atoms with Gasteiger partial charge >= 0.3 is 0 Å². The molecule has 0 unspecified atom stereocenters. The minimum absolute atomic E-state index is 0.552. The minimum Gasteiger partial charge on any atom is -0.497 e. The summed E-state index contributed by atoms with van der Waals surface area (Å²) in [5.41, 5.74) is 5.48. The van der Waals surface area contributed by atoms with Crippen LogP contribution in [0.3, 0.4) is 0 Å². The summed E-state index contributed by atoms with van der Waals surface area (Å²) in [5, 5.41) is 3.28. The molecule has 0 radical (unpaired) electrons. The number of anilines is 2. The maximum absolute atomic E-state index is 5.23. The summed E-state index contributed by atoms with van der Waals surface area (Å²) in [6.07, 6.45) is 1.77. The molecular formula is C20H19N5O. The number of nitrogens with one attached hydrogen (secondary N) is 1. The molecule has 26 heavy (non-hydrogen) atoms. The van der Waals surface area contributed by atoms with Crippen LogP contribution in [0.15, 0.2) is 54.9 Å². The van der Waals surface area contributed by atoms with Crippen molar-refractivity contribution in [2.75, 3.05) is 12.4 Å². The van der Waals surface area contributed by atoms with Crippen LogP contribution in [0.1, 0.15) is 11.3 Å². The van der Waals surface area contributed by atoms with Gasteiger partial charge in [-0.15, -0.1) is 0 Å². The molecule has 130 valence electrons. The van der Waals surface area contributed by atoms with Crippen LogP contribution in [0.2, 0.25) is 0 Å². The third-order valence-electron chi connectivity index (χ3n) is 4.20. The van der Waals surface area contributed by atoms with Crippen molar-refractivity contribution in [1.82, 2.24) is 19.5 Å². The Morgan fingerprint density at radius 3 is 2.54 bits per heavy atom. The molecule has 0 aliphatic carbocycles. The van der Waals surface area contributed by atoms with Crippen molar-refractivity contribution in [3.63, 3.8) is 0 Å². The Bertz CT molecular complexity index is 1070. The molecule has 2 aromatic carbocycles. The Balaban J connectivity index is 1.77. The maximum Gasteiger partial charge on any atom is 0.229 e. The number of aryl methyl sites for hydroxylation is 2. The molecular weight excluding hydrogens is 326 g/mol. The zero-order chi connectivity index (χ0) is 18.1. The fourth-order valence-corrected chi connectivity index (χ4v) is 2.88. The second kappa shape index (κ2) is 6.48. The molecule has 0 saturated carbocycles. The van der Waals surface area contributed by atoms with Crippen molar-refractivity contribution in [3.8, 4) is 11.4 Å². The van der Waals surface area contributed by atoms with E-state index >= 15 is 0 Å². The molecule has 1 N–H and O–H groups in total. The number of aromatic nitrogens is 4. The summed E-state index contributed by atoms with van der Waals surface area (Å²) in [4.78, 5) is 13.7. The number of ether oxygens (including phenoxy) is 1. The standard InChI is InChI=1S/C20H19N5O/c1-13-5-4-6-15(11-13)23-20-22-14(2)18-19(24-20)25(12-21-18)16-7-9-17(26-3)10-8-16/h4-12H,1-3H3,(H,22,23,24). The highest BCUT2D eigenvalue weighted by Crippen LogP contribution is 2.23. The molecule has 4 aromatic rings. The molecule has 0 amide bonds. The normalized spacial score (nSPS) is 10.9. The van der Waals surface area contributed by atoms with Crippen LogP contribution in [0.4, 0.5) is 11.6 Å². The van der Waals surface area contributed by atoms with Gasteiger partial charge in [-0.3, -0.25) is 4.57 Å². The lowest BCUT2D eigenvalue weighted by atomic mass is 10.2. The zero-order valence-corrected chi connectivity index (χ0v) is 14.9. The van der Waals surface area contributed by atoms with Crippen molar-refractivity contribution in [1.29, 1.82) is 0 Å². The van der Waals surface area contributed by atoms with E-state index < -0.39 is 0 Å². The lowest BCUT2D eigenvalue weighted by molar-refractivity contribution is 0.415. The third-order valence-corrected chi connectivity index (χ3v) is 4.20. The molecule has 0 atom stereocenters. The van der Waals surface area contributed by atoms with Gasteiger partial charge in [0.2, 0.25) is 5.95 Å². The van der Waals surface area contributed by atoms with Crippen LogP contribution in [0, 0.1) is 13.8 Å². The molecule has 4 rings (SSSR count). The fraction of sp³-hybridized carbons (Fsp3) is 0.150. The third kappa shape index (κ3) is 2.97. The van der Waals surface area contributed by atoms with E-state index in [1.54, 1.807) is 13.4 Å². The van der Waals surface area contributed by atoms with E-state index in [1.807, 2.05) is 47.9 Å². The van der Waals surface area contributed by atoms with Crippen LogP contribution < -0.4 is 10.1 Å². The second-order valence-electron chi connectivity index (χ2n) is 6.11. The van der Waals surface area contributed by atoms with Crippen molar-refractivity contribution >= 4 is 22.8 Å². The molecule has 0 fully saturated rings. The zero-order valence-electron chi connectivity index (χ0n) is 14.9. The lowest BCUT2D eigenvalue weighted by Gasteiger charge is -2.09. The van der Waals surface area contributed by atoms with E-state index in [-0.39, 0.29) is 0 Å². The summed E-state index contributed by atoms with van der Waals surface area (Å²) in [6, 6.07) is 15.9. The first-order chi connectivity index (χ1) is 12.6. The van der Waals surface area contributed by atoms with E-state index in [9.17, 15) is 0 Å². The molecule has 6 nitrogen and oxygen atoms in total. The number of rotatable bonds is 4. The monoisotopic (exact) mass is 345 g/mol. The van der Waals surface area contributed by atoms with Gasteiger partial charge in [-0.05, 0) is 55.8 Å². The Labute approximate surface area is 151 Å². The maximum atomic E-state index is 5.23. The van der Waals surface area contributed by atoms with Crippen LogP contribution in [-0.4, -0.2) is 26.6 Å². The first-order valence-corrected chi connectivity index (χ1v) is 8.34. The number of nitrogens with zero attached hydrogens (tertiary/aromatic N) is 4. The number of benzene rings is 2. The van der Waals surface area contributed by atoms with E-state index in [4.69, 9.17) is 4.74 Å². The molecule has 0 bridgehead atoms. The molecule has 2 heterocycles. The average molecular weight is 345 g/mol. The van der Waals surface area contributed by atoms with Crippen molar-refractivity contribution < 1.29 is 4.74 Å². The fourth-order valence-electron chi connectivity index (χ4n) is 2.88. The van der Waals surface area contributed by atoms with Gasteiger partial charge < -0.3 is 10.1 Å². The Morgan fingerprint density at radius 1 is 1.00 bits per heavy atom. The number of imidazole rings is 1. The lowest BCUT2D eigenvalue weighted by Crippen LogP contribution is -2.02. The Hall–Kier alpha value is -3.41. The van der Waals surface area contributed by atoms with E-state index in [0.29, 0.717) is 5.95 Å². The number of hydrogen-bond acceptors (Lipinski definition) is 5. The van der Waals surface area contributed by atoms with Gasteiger partial charge in [-0.25, -0.2) is 9.97 Å². The molecule has 0 aliphatic heterocycles.